The maximum atomic E-state index is 13.1. The molecule has 1 aliphatic rings. The summed E-state index contributed by atoms with van der Waals surface area (Å²) in [4.78, 5) is 2.13. The number of aromatic nitrogens is 4. The van der Waals surface area contributed by atoms with Gasteiger partial charge < -0.3 is 9.64 Å². The van der Waals surface area contributed by atoms with Crippen LogP contribution in [0.3, 0.4) is 0 Å². The second-order valence-corrected chi connectivity index (χ2v) is 6.01. The van der Waals surface area contributed by atoms with Crippen LogP contribution in [-0.2, 0) is 4.74 Å². The Bertz CT molecular complexity index is 847. The van der Waals surface area contributed by atoms with E-state index < -0.39 is 0 Å². The van der Waals surface area contributed by atoms with Crippen LogP contribution in [0.4, 0.5) is 10.2 Å². The van der Waals surface area contributed by atoms with Gasteiger partial charge in [-0.05, 0) is 42.8 Å². The standard InChI is InChI=1S/C18H18FN5O/c1-13-8-9-24(22-13)18-7-6-17(20-21-18)23-10-11-25-16(12-23)14-2-4-15(19)5-3-14/h2-9,16H,10-12H2,1H3. The molecule has 2 aromatic heterocycles. The van der Waals surface area contributed by atoms with E-state index in [2.05, 4.69) is 20.2 Å². The Labute approximate surface area is 144 Å². The zero-order valence-corrected chi connectivity index (χ0v) is 13.8. The molecule has 1 atom stereocenters. The summed E-state index contributed by atoms with van der Waals surface area (Å²) in [5, 5.41) is 12.9. The topological polar surface area (TPSA) is 56.1 Å². The summed E-state index contributed by atoms with van der Waals surface area (Å²) < 4.78 is 20.6. The van der Waals surface area contributed by atoms with E-state index in [4.69, 9.17) is 4.74 Å². The fourth-order valence-corrected chi connectivity index (χ4v) is 2.89. The molecule has 1 saturated heterocycles. The Hall–Kier alpha value is -2.80. The number of nitrogens with zero attached hydrogens (tertiary/aromatic N) is 5. The van der Waals surface area contributed by atoms with Crippen LogP contribution in [-0.4, -0.2) is 39.7 Å². The highest BCUT2D eigenvalue weighted by Gasteiger charge is 2.23. The number of benzene rings is 1. The molecule has 25 heavy (non-hydrogen) atoms. The van der Waals surface area contributed by atoms with Crippen LogP contribution in [0.2, 0.25) is 0 Å². The van der Waals surface area contributed by atoms with Crippen LogP contribution in [0.25, 0.3) is 5.82 Å². The van der Waals surface area contributed by atoms with Gasteiger partial charge in [-0.25, -0.2) is 9.07 Å². The third kappa shape index (κ3) is 3.36. The van der Waals surface area contributed by atoms with Crippen LogP contribution in [0.1, 0.15) is 17.4 Å². The van der Waals surface area contributed by atoms with Crippen LogP contribution >= 0.6 is 0 Å². The van der Waals surface area contributed by atoms with Gasteiger partial charge >= 0.3 is 0 Å². The van der Waals surface area contributed by atoms with Crippen molar-refractivity contribution >= 4 is 5.82 Å². The van der Waals surface area contributed by atoms with Crippen LogP contribution in [0.15, 0.2) is 48.7 Å². The predicted octanol–water partition coefficient (Wildman–Crippen LogP) is 2.69. The van der Waals surface area contributed by atoms with Crippen molar-refractivity contribution in [3.8, 4) is 5.82 Å². The zero-order chi connectivity index (χ0) is 17.2. The lowest BCUT2D eigenvalue weighted by molar-refractivity contribution is 0.0394. The molecule has 0 spiro atoms. The Morgan fingerprint density at radius 2 is 1.80 bits per heavy atom. The van der Waals surface area contributed by atoms with E-state index in [1.165, 1.54) is 12.1 Å². The van der Waals surface area contributed by atoms with Gasteiger partial charge in [-0.1, -0.05) is 12.1 Å². The van der Waals surface area contributed by atoms with Gasteiger partial charge in [-0.2, -0.15) is 5.10 Å². The van der Waals surface area contributed by atoms with Crippen molar-refractivity contribution < 1.29 is 9.13 Å². The molecule has 3 heterocycles. The highest BCUT2D eigenvalue weighted by molar-refractivity contribution is 5.41. The summed E-state index contributed by atoms with van der Waals surface area (Å²) >= 11 is 0. The summed E-state index contributed by atoms with van der Waals surface area (Å²) in [6.07, 6.45) is 1.75. The smallest absolute Gasteiger partial charge is 0.175 e. The van der Waals surface area contributed by atoms with Gasteiger partial charge in [-0.3, -0.25) is 0 Å². The number of rotatable bonds is 3. The second-order valence-electron chi connectivity index (χ2n) is 6.01. The summed E-state index contributed by atoms with van der Waals surface area (Å²) in [6, 6.07) is 12.2. The van der Waals surface area contributed by atoms with Gasteiger partial charge in [0.05, 0.1) is 12.3 Å². The molecule has 0 radical (unpaired) electrons. The summed E-state index contributed by atoms with van der Waals surface area (Å²) in [6.45, 7) is 3.92. The first-order valence-electron chi connectivity index (χ1n) is 8.17. The van der Waals surface area contributed by atoms with Crippen molar-refractivity contribution in [2.75, 3.05) is 24.6 Å². The van der Waals surface area contributed by atoms with Crippen molar-refractivity contribution in [1.82, 2.24) is 20.0 Å². The van der Waals surface area contributed by atoms with Gasteiger partial charge in [0, 0.05) is 19.3 Å². The molecule has 0 amide bonds. The van der Waals surface area contributed by atoms with Crippen LogP contribution in [0, 0.1) is 12.7 Å². The highest BCUT2D eigenvalue weighted by Crippen LogP contribution is 2.25. The van der Waals surface area contributed by atoms with Gasteiger partial charge in [0.2, 0.25) is 0 Å². The number of hydrogen-bond acceptors (Lipinski definition) is 5. The molecule has 0 bridgehead atoms. The van der Waals surface area contributed by atoms with Gasteiger partial charge in [0.25, 0.3) is 0 Å². The van der Waals surface area contributed by atoms with E-state index in [1.807, 2.05) is 31.3 Å². The number of morpholine rings is 1. The average molecular weight is 339 g/mol. The molecule has 0 saturated carbocycles. The minimum atomic E-state index is -0.244. The lowest BCUT2D eigenvalue weighted by Gasteiger charge is -2.33. The van der Waals surface area contributed by atoms with E-state index in [9.17, 15) is 4.39 Å². The largest absolute Gasteiger partial charge is 0.370 e. The van der Waals surface area contributed by atoms with E-state index >= 15 is 0 Å². The number of anilines is 1. The lowest BCUT2D eigenvalue weighted by atomic mass is 10.1. The fraction of sp³-hybridized carbons (Fsp3) is 0.278. The molecule has 1 unspecified atom stereocenters. The molecule has 0 N–H and O–H groups in total. The maximum Gasteiger partial charge on any atom is 0.175 e. The third-order valence-corrected chi connectivity index (χ3v) is 4.23. The molecule has 128 valence electrons. The quantitative estimate of drug-likeness (QED) is 0.734. The van der Waals surface area contributed by atoms with E-state index in [-0.39, 0.29) is 11.9 Å². The predicted molar refractivity (Wildman–Crippen MR) is 91.2 cm³/mol. The Morgan fingerprint density at radius 1 is 1.04 bits per heavy atom. The lowest BCUT2D eigenvalue weighted by Crippen LogP contribution is -2.39. The van der Waals surface area contributed by atoms with E-state index in [1.54, 1.807) is 16.8 Å². The average Bonchev–Trinajstić information content (AvgIpc) is 3.09. The molecule has 0 aliphatic carbocycles. The number of aryl methyl sites for hydroxylation is 1. The van der Waals surface area contributed by atoms with Gasteiger partial charge in [0.15, 0.2) is 11.6 Å². The molecule has 1 aromatic carbocycles. The van der Waals surface area contributed by atoms with Crippen molar-refractivity contribution in [2.24, 2.45) is 0 Å². The molecule has 4 rings (SSSR count). The molecule has 7 heteroatoms. The molecular weight excluding hydrogens is 321 g/mol. The van der Waals surface area contributed by atoms with Gasteiger partial charge in [0.1, 0.15) is 11.9 Å². The Kier molecular flexibility index (Phi) is 4.15. The van der Waals surface area contributed by atoms with Crippen molar-refractivity contribution in [1.29, 1.82) is 0 Å². The van der Waals surface area contributed by atoms with E-state index in [0.717, 1.165) is 23.6 Å². The van der Waals surface area contributed by atoms with E-state index in [0.29, 0.717) is 19.0 Å². The first-order chi connectivity index (χ1) is 12.2. The highest BCUT2D eigenvalue weighted by atomic mass is 19.1. The third-order valence-electron chi connectivity index (χ3n) is 4.23. The number of ether oxygens (including phenoxy) is 1. The Morgan fingerprint density at radius 3 is 2.48 bits per heavy atom. The van der Waals surface area contributed by atoms with Crippen molar-refractivity contribution in [2.45, 2.75) is 13.0 Å². The van der Waals surface area contributed by atoms with Crippen molar-refractivity contribution in [3.05, 3.63) is 65.7 Å². The number of halogens is 1. The maximum absolute atomic E-state index is 13.1. The first-order valence-corrected chi connectivity index (χ1v) is 8.17. The monoisotopic (exact) mass is 339 g/mol. The SMILES string of the molecule is Cc1ccn(-c2ccc(N3CCOC(c4ccc(F)cc4)C3)nn2)n1. The molecule has 3 aromatic rings. The summed E-state index contributed by atoms with van der Waals surface area (Å²) in [5.41, 5.74) is 1.89. The fourth-order valence-electron chi connectivity index (χ4n) is 2.89. The normalized spacial score (nSPS) is 17.7. The molecular formula is C18H18FN5O. The van der Waals surface area contributed by atoms with Crippen molar-refractivity contribution in [3.63, 3.8) is 0 Å². The summed E-state index contributed by atoms with van der Waals surface area (Å²) in [7, 11) is 0. The van der Waals surface area contributed by atoms with Crippen LogP contribution < -0.4 is 4.90 Å². The number of hydrogen-bond donors (Lipinski definition) is 0. The first kappa shape index (κ1) is 15.7. The van der Waals surface area contributed by atoms with Gasteiger partial charge in [-0.15, -0.1) is 10.2 Å². The minimum Gasteiger partial charge on any atom is -0.370 e. The second kappa shape index (κ2) is 6.60. The molecule has 6 nitrogen and oxygen atoms in total. The zero-order valence-electron chi connectivity index (χ0n) is 13.8. The Balaban J connectivity index is 1.50. The molecule has 1 aliphatic heterocycles. The summed E-state index contributed by atoms with van der Waals surface area (Å²) in [5.74, 6) is 1.23. The molecule has 1 fully saturated rings. The minimum absolute atomic E-state index is 0.107. The van der Waals surface area contributed by atoms with Crippen LogP contribution in [0.5, 0.6) is 0 Å².